The molecule has 0 aromatic heterocycles. The quantitative estimate of drug-likeness (QED) is 0.0206. The molecule has 0 saturated heterocycles. The van der Waals surface area contributed by atoms with Crippen LogP contribution in [0.5, 0.6) is 0 Å². The van der Waals surface area contributed by atoms with Crippen molar-refractivity contribution in [2.75, 3.05) is 13.2 Å². The van der Waals surface area contributed by atoms with E-state index in [9.17, 15) is 14.4 Å². The molecule has 0 radical (unpaired) electrons. The van der Waals surface area contributed by atoms with Gasteiger partial charge in [-0.15, -0.1) is 0 Å². The molecule has 0 bridgehead atoms. The highest BCUT2D eigenvalue weighted by atomic mass is 16.6. The second-order valence-corrected chi connectivity index (χ2v) is 13.7. The molecule has 59 heavy (non-hydrogen) atoms. The number of esters is 3. The van der Waals surface area contributed by atoms with E-state index in [1.807, 2.05) is 109 Å². The largest absolute Gasteiger partial charge is 0.462 e. The number of rotatable bonds is 36. The highest BCUT2D eigenvalue weighted by Crippen LogP contribution is 2.10. The van der Waals surface area contributed by atoms with Crippen molar-refractivity contribution in [2.24, 2.45) is 0 Å². The van der Waals surface area contributed by atoms with Crippen LogP contribution in [0.3, 0.4) is 0 Å². The lowest BCUT2D eigenvalue weighted by molar-refractivity contribution is -0.167. The Balaban J connectivity index is 4.62. The molecule has 6 nitrogen and oxygen atoms in total. The third-order valence-corrected chi connectivity index (χ3v) is 8.30. The lowest BCUT2D eigenvalue weighted by Gasteiger charge is -2.18. The number of carbonyl (C=O) groups is 3. The smallest absolute Gasteiger partial charge is 0.306 e. The fourth-order valence-electron chi connectivity index (χ4n) is 5.06. The van der Waals surface area contributed by atoms with Crippen LogP contribution in [0.1, 0.15) is 136 Å². The number of ether oxygens (including phenoxy) is 3. The van der Waals surface area contributed by atoms with E-state index in [2.05, 4.69) is 69.4 Å². The summed E-state index contributed by atoms with van der Waals surface area (Å²) in [6.45, 7) is 6.06. The lowest BCUT2D eigenvalue weighted by atomic mass is 10.1. The van der Waals surface area contributed by atoms with Crippen LogP contribution < -0.4 is 0 Å². The Labute approximate surface area is 359 Å². The van der Waals surface area contributed by atoms with Gasteiger partial charge in [-0.1, -0.05) is 192 Å². The van der Waals surface area contributed by atoms with Gasteiger partial charge >= 0.3 is 17.9 Å². The summed E-state index contributed by atoms with van der Waals surface area (Å²) in [4.78, 5) is 37.7. The Kier molecular flexibility index (Phi) is 41.9. The average molecular weight is 809 g/mol. The first-order valence-electron chi connectivity index (χ1n) is 22.1. The number of allylic oxidation sites excluding steroid dienone is 26. The summed E-state index contributed by atoms with van der Waals surface area (Å²) in [5.74, 6) is -1.08. The van der Waals surface area contributed by atoms with E-state index >= 15 is 0 Å². The van der Waals surface area contributed by atoms with Gasteiger partial charge in [-0.2, -0.15) is 0 Å². The van der Waals surface area contributed by atoms with Crippen molar-refractivity contribution in [3.05, 3.63) is 158 Å². The van der Waals surface area contributed by atoms with Crippen molar-refractivity contribution in [3.63, 3.8) is 0 Å². The minimum absolute atomic E-state index is 0.136. The van der Waals surface area contributed by atoms with E-state index in [1.54, 1.807) is 0 Å². The molecule has 0 spiro atoms. The van der Waals surface area contributed by atoms with Crippen molar-refractivity contribution >= 4 is 17.9 Å². The maximum atomic E-state index is 12.7. The van der Waals surface area contributed by atoms with Crippen LogP contribution in [0.15, 0.2) is 158 Å². The molecule has 0 saturated carbocycles. The van der Waals surface area contributed by atoms with Gasteiger partial charge in [0.25, 0.3) is 0 Å². The molecule has 0 aromatic rings. The van der Waals surface area contributed by atoms with E-state index in [1.165, 1.54) is 0 Å². The first-order valence-corrected chi connectivity index (χ1v) is 22.1. The molecule has 0 aromatic carbocycles. The Bertz CT molecular complexity index is 1440. The van der Waals surface area contributed by atoms with E-state index in [0.29, 0.717) is 19.3 Å². The van der Waals surface area contributed by atoms with Gasteiger partial charge in [0.1, 0.15) is 13.2 Å². The standard InChI is InChI=1S/C53H76O6/c1-4-7-10-13-16-19-21-23-25-26-28-29-31-34-37-40-43-46-52(55)58-49-50(48-57-51(54)45-42-39-36-33-18-15-12-9-6-3)59-53(56)47-44-41-38-35-32-30-27-24-22-20-17-14-11-8-5-2/h7-14,16-33,50H,4-6,15,34-49H2,1-3H3/b10-7-,11-8-,12-9-,16-13-,17-14-,21-19-,22-20-,25-23-,27-24-,28-26+,31-29-,32-30-,33-18-. The summed E-state index contributed by atoms with van der Waals surface area (Å²) in [7, 11) is 0. The maximum Gasteiger partial charge on any atom is 0.306 e. The molecule has 324 valence electrons. The van der Waals surface area contributed by atoms with Gasteiger partial charge < -0.3 is 14.2 Å². The molecule has 6 heteroatoms. The Hall–Kier alpha value is -4.97. The van der Waals surface area contributed by atoms with Crippen LogP contribution in [0.4, 0.5) is 0 Å². The van der Waals surface area contributed by atoms with Crippen LogP contribution in [0.2, 0.25) is 0 Å². The normalized spacial score (nSPS) is 13.6. The minimum atomic E-state index is -0.838. The van der Waals surface area contributed by atoms with Gasteiger partial charge in [0.2, 0.25) is 0 Å². The third kappa shape index (κ3) is 44.0. The molecule has 0 heterocycles. The maximum absolute atomic E-state index is 12.7. The van der Waals surface area contributed by atoms with Crippen molar-refractivity contribution in [1.82, 2.24) is 0 Å². The Morgan fingerprint density at radius 2 is 0.695 bits per heavy atom. The molecule has 0 fully saturated rings. The number of unbranched alkanes of at least 4 members (excludes halogenated alkanes) is 8. The topological polar surface area (TPSA) is 78.9 Å². The summed E-state index contributed by atoms with van der Waals surface area (Å²) in [5, 5.41) is 0. The molecular weight excluding hydrogens is 733 g/mol. The van der Waals surface area contributed by atoms with Crippen LogP contribution in [-0.4, -0.2) is 37.2 Å². The van der Waals surface area contributed by atoms with Crippen LogP contribution in [0, 0.1) is 0 Å². The van der Waals surface area contributed by atoms with Gasteiger partial charge in [-0.05, 0) is 83.5 Å². The molecular formula is C53H76O6. The fourth-order valence-corrected chi connectivity index (χ4v) is 5.06. The third-order valence-electron chi connectivity index (χ3n) is 8.30. The van der Waals surface area contributed by atoms with Crippen molar-refractivity contribution in [2.45, 2.75) is 142 Å². The summed E-state index contributed by atoms with van der Waals surface area (Å²) in [6, 6.07) is 0. The van der Waals surface area contributed by atoms with Crippen LogP contribution >= 0.6 is 0 Å². The molecule has 0 aliphatic rings. The molecule has 0 rings (SSSR count). The zero-order valence-electron chi connectivity index (χ0n) is 36.7. The van der Waals surface area contributed by atoms with Gasteiger partial charge in [-0.3, -0.25) is 14.4 Å². The monoisotopic (exact) mass is 809 g/mol. The van der Waals surface area contributed by atoms with Crippen molar-refractivity contribution < 1.29 is 28.6 Å². The average Bonchev–Trinajstić information content (AvgIpc) is 3.23. The Morgan fingerprint density at radius 1 is 0.356 bits per heavy atom. The van der Waals surface area contributed by atoms with E-state index in [-0.39, 0.29) is 50.4 Å². The van der Waals surface area contributed by atoms with E-state index < -0.39 is 6.10 Å². The number of carbonyl (C=O) groups excluding carboxylic acids is 3. The number of hydrogen-bond donors (Lipinski definition) is 0. The first kappa shape index (κ1) is 54.0. The minimum Gasteiger partial charge on any atom is -0.462 e. The van der Waals surface area contributed by atoms with Crippen molar-refractivity contribution in [3.8, 4) is 0 Å². The van der Waals surface area contributed by atoms with Gasteiger partial charge in [-0.25, -0.2) is 0 Å². The SMILES string of the molecule is CC\C=C/C=C\C=C/C=C\C=C/CCCCCC(=O)OC(COC(=O)CCCC/C=C\C/C=C\CC)COC(=O)CCCCC\C=C/C=C/C=C\C=C/C=C\C=C/CC. The van der Waals surface area contributed by atoms with Crippen LogP contribution in [-0.2, 0) is 28.6 Å². The van der Waals surface area contributed by atoms with E-state index in [4.69, 9.17) is 14.2 Å². The highest BCUT2D eigenvalue weighted by molar-refractivity contribution is 5.71. The Morgan fingerprint density at radius 3 is 1.14 bits per heavy atom. The first-order chi connectivity index (χ1) is 29.0. The van der Waals surface area contributed by atoms with Gasteiger partial charge in [0, 0.05) is 19.3 Å². The second kappa shape index (κ2) is 45.7. The molecule has 1 atom stereocenters. The zero-order chi connectivity index (χ0) is 43.0. The summed E-state index contributed by atoms with van der Waals surface area (Å²) < 4.78 is 16.6. The fraction of sp³-hybridized carbons (Fsp3) is 0.453. The zero-order valence-corrected chi connectivity index (χ0v) is 36.7. The summed E-state index contributed by atoms with van der Waals surface area (Å²) in [6.07, 6.45) is 66.6. The van der Waals surface area contributed by atoms with E-state index in [0.717, 1.165) is 77.0 Å². The lowest BCUT2D eigenvalue weighted by Crippen LogP contribution is -2.30. The highest BCUT2D eigenvalue weighted by Gasteiger charge is 2.19. The predicted molar refractivity (Wildman–Crippen MR) is 251 cm³/mol. The summed E-state index contributed by atoms with van der Waals surface area (Å²) in [5.41, 5.74) is 0. The molecule has 0 aliphatic carbocycles. The molecule has 0 aliphatic heterocycles. The molecule has 1 unspecified atom stereocenters. The summed E-state index contributed by atoms with van der Waals surface area (Å²) >= 11 is 0. The van der Waals surface area contributed by atoms with Gasteiger partial charge in [0.05, 0.1) is 0 Å². The van der Waals surface area contributed by atoms with Gasteiger partial charge in [0.15, 0.2) is 6.10 Å². The second-order valence-electron chi connectivity index (χ2n) is 13.7. The van der Waals surface area contributed by atoms with Crippen molar-refractivity contribution in [1.29, 1.82) is 0 Å². The molecule has 0 N–H and O–H groups in total. The van der Waals surface area contributed by atoms with Crippen LogP contribution in [0.25, 0.3) is 0 Å². The number of hydrogen-bond acceptors (Lipinski definition) is 6. The molecule has 0 amide bonds. The predicted octanol–water partition coefficient (Wildman–Crippen LogP) is 14.3.